The highest BCUT2D eigenvalue weighted by Crippen LogP contribution is 2.11. The van der Waals surface area contributed by atoms with Gasteiger partial charge in [0.05, 0.1) is 0 Å². The monoisotopic (exact) mass is 366 g/mol. The first kappa shape index (κ1) is 20.4. The van der Waals surface area contributed by atoms with E-state index in [1.165, 1.54) is 0 Å². The van der Waals surface area contributed by atoms with Crippen molar-refractivity contribution in [3.8, 4) is 0 Å². The molecule has 2 aromatic carbocycles. The summed E-state index contributed by atoms with van der Waals surface area (Å²) < 4.78 is 0. The van der Waals surface area contributed by atoms with E-state index in [1.807, 2.05) is 24.3 Å². The fourth-order valence-corrected chi connectivity index (χ4v) is 2.75. The minimum Gasteiger partial charge on any atom is -0.340 e. The molecule has 0 fully saturated rings. The van der Waals surface area contributed by atoms with E-state index in [1.54, 1.807) is 43.3 Å². The van der Waals surface area contributed by atoms with Gasteiger partial charge in [0, 0.05) is 17.7 Å². The molecule has 2 rings (SSSR count). The second kappa shape index (κ2) is 10.9. The molecule has 0 aromatic heterocycles. The summed E-state index contributed by atoms with van der Waals surface area (Å²) >= 11 is 0. The molecule has 142 valence electrons. The first-order chi connectivity index (χ1) is 13.1. The van der Waals surface area contributed by atoms with Crippen LogP contribution in [0.15, 0.2) is 60.7 Å². The van der Waals surface area contributed by atoms with E-state index < -0.39 is 6.04 Å². The van der Waals surface area contributed by atoms with Crippen LogP contribution in [0.5, 0.6) is 0 Å². The highest BCUT2D eigenvalue weighted by Gasteiger charge is 2.21. The maximum atomic E-state index is 12.7. The Morgan fingerprint density at radius 3 is 2.11 bits per heavy atom. The number of Topliss-reactive ketones (excluding diaryl/α,β-unsaturated/α-hetero) is 1. The highest BCUT2D eigenvalue weighted by atomic mass is 16.2. The average Bonchev–Trinajstić information content (AvgIpc) is 2.68. The zero-order chi connectivity index (χ0) is 19.5. The summed E-state index contributed by atoms with van der Waals surface area (Å²) in [6.45, 7) is 1.58. The van der Waals surface area contributed by atoms with Gasteiger partial charge >= 0.3 is 0 Å². The predicted octanol–water partition coefficient (Wildman–Crippen LogP) is 3.96. The Labute approximate surface area is 160 Å². The largest absolute Gasteiger partial charge is 0.340 e. The number of hydrogen-bond donors (Lipinski definition) is 2. The van der Waals surface area contributed by atoms with Crippen molar-refractivity contribution in [1.29, 1.82) is 0 Å². The van der Waals surface area contributed by atoms with Crippen LogP contribution in [0.1, 0.15) is 49.4 Å². The third-order valence-electron chi connectivity index (χ3n) is 4.22. The molecule has 0 heterocycles. The van der Waals surface area contributed by atoms with E-state index in [-0.39, 0.29) is 17.6 Å². The lowest BCUT2D eigenvalue weighted by molar-refractivity contribution is -0.118. The average molecular weight is 366 g/mol. The van der Waals surface area contributed by atoms with Crippen molar-refractivity contribution in [1.82, 2.24) is 5.32 Å². The Balaban J connectivity index is 1.97. The maximum absolute atomic E-state index is 12.7. The van der Waals surface area contributed by atoms with Crippen LogP contribution in [-0.2, 0) is 9.59 Å². The van der Waals surface area contributed by atoms with Gasteiger partial charge in [0.25, 0.3) is 5.91 Å². The Bertz CT molecular complexity index is 745. The fourth-order valence-electron chi connectivity index (χ4n) is 2.75. The molecule has 2 aromatic rings. The summed E-state index contributed by atoms with van der Waals surface area (Å²) in [5.41, 5.74) is 1.21. The quantitative estimate of drug-likeness (QED) is 0.625. The molecule has 0 radical (unpaired) electrons. The topological polar surface area (TPSA) is 75.3 Å². The second-order valence-electron chi connectivity index (χ2n) is 6.55. The van der Waals surface area contributed by atoms with Crippen LogP contribution >= 0.6 is 0 Å². The molecular weight excluding hydrogens is 340 g/mol. The van der Waals surface area contributed by atoms with E-state index in [4.69, 9.17) is 0 Å². The van der Waals surface area contributed by atoms with Gasteiger partial charge in [-0.05, 0) is 44.0 Å². The number of ketones is 1. The third-order valence-corrected chi connectivity index (χ3v) is 4.22. The van der Waals surface area contributed by atoms with Crippen LogP contribution in [0.3, 0.4) is 0 Å². The van der Waals surface area contributed by atoms with Crippen LogP contribution in [0.2, 0.25) is 0 Å². The molecule has 5 nitrogen and oxygen atoms in total. The predicted molar refractivity (Wildman–Crippen MR) is 107 cm³/mol. The van der Waals surface area contributed by atoms with Gasteiger partial charge in [0.1, 0.15) is 11.8 Å². The van der Waals surface area contributed by atoms with Crippen molar-refractivity contribution >= 4 is 23.3 Å². The number of rotatable bonds is 10. The van der Waals surface area contributed by atoms with E-state index in [2.05, 4.69) is 10.6 Å². The van der Waals surface area contributed by atoms with Gasteiger partial charge in [-0.2, -0.15) is 0 Å². The Kier molecular flexibility index (Phi) is 8.23. The molecule has 1 atom stereocenters. The lowest BCUT2D eigenvalue weighted by Gasteiger charge is -2.18. The van der Waals surface area contributed by atoms with Crippen LogP contribution in [0, 0.1) is 0 Å². The Hall–Kier alpha value is -2.95. The maximum Gasteiger partial charge on any atom is 0.251 e. The van der Waals surface area contributed by atoms with E-state index in [0.29, 0.717) is 24.1 Å². The number of carbonyl (C=O) groups excluding carboxylic acids is 3. The van der Waals surface area contributed by atoms with Crippen molar-refractivity contribution in [2.24, 2.45) is 0 Å². The van der Waals surface area contributed by atoms with Crippen LogP contribution in [0.4, 0.5) is 5.69 Å². The molecule has 2 N–H and O–H groups in total. The molecule has 0 bridgehead atoms. The highest BCUT2D eigenvalue weighted by molar-refractivity contribution is 6.01. The van der Waals surface area contributed by atoms with Crippen molar-refractivity contribution in [2.45, 2.75) is 45.1 Å². The number of amides is 2. The molecule has 5 heteroatoms. The number of anilines is 1. The summed E-state index contributed by atoms with van der Waals surface area (Å²) in [6.07, 6.45) is 3.48. The second-order valence-corrected chi connectivity index (χ2v) is 6.55. The number of benzene rings is 2. The van der Waals surface area contributed by atoms with Crippen LogP contribution < -0.4 is 10.6 Å². The first-order valence-electron chi connectivity index (χ1n) is 9.27. The number of carbonyl (C=O) groups is 3. The van der Waals surface area contributed by atoms with Crippen molar-refractivity contribution in [2.75, 3.05) is 5.32 Å². The number of hydrogen-bond acceptors (Lipinski definition) is 3. The lowest BCUT2D eigenvalue weighted by Crippen LogP contribution is -2.43. The SMILES string of the molecule is CC(=O)CCCCC[C@H](NC(=O)c1ccccc1)C(=O)Nc1ccccc1. The van der Waals surface area contributed by atoms with E-state index >= 15 is 0 Å². The van der Waals surface area contributed by atoms with Gasteiger partial charge in [-0.3, -0.25) is 9.59 Å². The lowest BCUT2D eigenvalue weighted by atomic mass is 10.0. The minimum absolute atomic E-state index is 0.172. The molecule has 0 spiro atoms. The molecular formula is C22H26N2O3. The van der Waals surface area contributed by atoms with Crippen molar-refractivity contribution < 1.29 is 14.4 Å². The van der Waals surface area contributed by atoms with E-state index in [9.17, 15) is 14.4 Å². The van der Waals surface area contributed by atoms with Gasteiger partial charge in [-0.15, -0.1) is 0 Å². The number of nitrogens with one attached hydrogen (secondary N) is 2. The van der Waals surface area contributed by atoms with Gasteiger partial charge in [0.15, 0.2) is 0 Å². The minimum atomic E-state index is -0.629. The van der Waals surface area contributed by atoms with E-state index in [0.717, 1.165) is 19.3 Å². The summed E-state index contributed by atoms with van der Waals surface area (Å²) in [5.74, 6) is -0.338. The molecule has 0 aliphatic heterocycles. The van der Waals surface area contributed by atoms with Crippen molar-refractivity contribution in [3.63, 3.8) is 0 Å². The molecule has 0 saturated carbocycles. The first-order valence-corrected chi connectivity index (χ1v) is 9.27. The summed E-state index contributed by atoms with van der Waals surface area (Å²) in [5, 5.41) is 5.69. The number of unbranched alkanes of at least 4 members (excludes halogenated alkanes) is 2. The smallest absolute Gasteiger partial charge is 0.251 e. The van der Waals surface area contributed by atoms with Gasteiger partial charge < -0.3 is 15.4 Å². The van der Waals surface area contributed by atoms with Crippen LogP contribution in [0.25, 0.3) is 0 Å². The van der Waals surface area contributed by atoms with Crippen LogP contribution in [-0.4, -0.2) is 23.6 Å². The normalized spacial score (nSPS) is 11.4. The van der Waals surface area contributed by atoms with Crippen molar-refractivity contribution in [3.05, 3.63) is 66.2 Å². The van der Waals surface area contributed by atoms with Gasteiger partial charge in [0.2, 0.25) is 5.91 Å². The molecule has 0 aliphatic rings. The fraction of sp³-hybridized carbons (Fsp3) is 0.318. The molecule has 27 heavy (non-hydrogen) atoms. The zero-order valence-electron chi connectivity index (χ0n) is 15.6. The molecule has 0 saturated heterocycles. The molecule has 2 amide bonds. The summed E-state index contributed by atoms with van der Waals surface area (Å²) in [4.78, 5) is 36.2. The standard InChI is InChI=1S/C22H26N2O3/c1-17(25)11-5-2-10-16-20(22(27)23-19-14-8-4-9-15-19)24-21(26)18-12-6-3-7-13-18/h3-4,6-9,12-15,20H,2,5,10-11,16H2,1H3,(H,23,27)(H,24,26)/t20-/m0/s1. The third kappa shape index (κ3) is 7.44. The summed E-state index contributed by atoms with van der Waals surface area (Å²) in [6, 6.07) is 17.4. The van der Waals surface area contributed by atoms with Gasteiger partial charge in [-0.1, -0.05) is 49.2 Å². The van der Waals surface area contributed by atoms with Gasteiger partial charge in [-0.25, -0.2) is 0 Å². The molecule has 0 aliphatic carbocycles. The zero-order valence-corrected chi connectivity index (χ0v) is 15.6. The molecule has 0 unspecified atom stereocenters. The number of para-hydroxylation sites is 1. The summed E-state index contributed by atoms with van der Waals surface area (Å²) in [7, 11) is 0. The Morgan fingerprint density at radius 2 is 1.48 bits per heavy atom. The Morgan fingerprint density at radius 1 is 0.852 bits per heavy atom.